The molecule has 0 bridgehead atoms. The number of amides is 3. The normalized spacial score (nSPS) is 16.9. The molecule has 2 aliphatic rings. The number of carbonyl (C=O) groups is 3. The van der Waals surface area contributed by atoms with Crippen LogP contribution < -0.4 is 16.4 Å². The Hall–Kier alpha value is -2.65. The molecule has 2 aromatic heterocycles. The number of primary amides is 1. The quantitative estimate of drug-likeness (QED) is 0.620. The molecule has 9 heteroatoms. The zero-order valence-electron chi connectivity index (χ0n) is 16.7. The van der Waals surface area contributed by atoms with Crippen LogP contribution in [0.2, 0.25) is 0 Å². The van der Waals surface area contributed by atoms with E-state index in [0.717, 1.165) is 35.5 Å². The van der Waals surface area contributed by atoms with Crippen molar-refractivity contribution >= 4 is 34.1 Å². The molecule has 4 N–H and O–H groups in total. The van der Waals surface area contributed by atoms with Gasteiger partial charge in [0.05, 0.1) is 24.9 Å². The SMILES string of the molecule is NC(=O)c1c(NC(=O)CN2CCC(C(=O)NCc3ccco3)CC2)sc2c1CCC2. The molecule has 1 aliphatic carbocycles. The number of furan rings is 1. The molecular formula is C21H26N4O4S. The van der Waals surface area contributed by atoms with Crippen LogP contribution in [0.5, 0.6) is 0 Å². The molecule has 30 heavy (non-hydrogen) atoms. The van der Waals surface area contributed by atoms with Crippen molar-refractivity contribution < 1.29 is 18.8 Å². The summed E-state index contributed by atoms with van der Waals surface area (Å²) < 4.78 is 5.23. The molecule has 4 rings (SSSR count). The van der Waals surface area contributed by atoms with Gasteiger partial charge < -0.3 is 20.8 Å². The number of nitrogens with zero attached hydrogens (tertiary/aromatic N) is 1. The van der Waals surface area contributed by atoms with E-state index >= 15 is 0 Å². The van der Waals surface area contributed by atoms with Gasteiger partial charge >= 0.3 is 0 Å². The number of rotatable bonds is 7. The first-order valence-electron chi connectivity index (χ1n) is 10.3. The monoisotopic (exact) mass is 430 g/mol. The first kappa shape index (κ1) is 20.6. The molecule has 0 aromatic carbocycles. The van der Waals surface area contributed by atoms with Gasteiger partial charge in [-0.25, -0.2) is 0 Å². The van der Waals surface area contributed by atoms with Crippen molar-refractivity contribution in [3.63, 3.8) is 0 Å². The van der Waals surface area contributed by atoms with Crippen LogP contribution in [0.1, 0.15) is 45.8 Å². The van der Waals surface area contributed by atoms with E-state index in [1.807, 2.05) is 11.0 Å². The Morgan fingerprint density at radius 3 is 2.73 bits per heavy atom. The second-order valence-electron chi connectivity index (χ2n) is 7.82. The molecule has 2 aromatic rings. The van der Waals surface area contributed by atoms with Crippen LogP contribution in [0, 0.1) is 5.92 Å². The average molecular weight is 431 g/mol. The van der Waals surface area contributed by atoms with Gasteiger partial charge in [-0.3, -0.25) is 19.3 Å². The van der Waals surface area contributed by atoms with Crippen LogP contribution in [0.3, 0.4) is 0 Å². The van der Waals surface area contributed by atoms with Crippen molar-refractivity contribution in [2.45, 2.75) is 38.6 Å². The molecule has 0 atom stereocenters. The number of nitrogens with two attached hydrogens (primary N) is 1. The zero-order valence-corrected chi connectivity index (χ0v) is 17.6. The maximum absolute atomic E-state index is 12.5. The summed E-state index contributed by atoms with van der Waals surface area (Å²) in [7, 11) is 0. The number of thiophene rings is 1. The number of hydrogen-bond acceptors (Lipinski definition) is 6. The van der Waals surface area contributed by atoms with Crippen molar-refractivity contribution in [3.8, 4) is 0 Å². The van der Waals surface area contributed by atoms with Gasteiger partial charge in [0.2, 0.25) is 11.8 Å². The zero-order chi connectivity index (χ0) is 21.1. The minimum atomic E-state index is -0.480. The molecule has 1 aliphatic heterocycles. The lowest BCUT2D eigenvalue weighted by molar-refractivity contribution is -0.126. The number of aryl methyl sites for hydroxylation is 1. The Bertz CT molecular complexity index is 929. The minimum absolute atomic E-state index is 0.0229. The molecule has 8 nitrogen and oxygen atoms in total. The van der Waals surface area contributed by atoms with Gasteiger partial charge in [-0.05, 0) is 62.9 Å². The van der Waals surface area contributed by atoms with E-state index in [0.29, 0.717) is 43.0 Å². The van der Waals surface area contributed by atoms with Crippen molar-refractivity contribution in [2.24, 2.45) is 11.7 Å². The van der Waals surface area contributed by atoms with Crippen molar-refractivity contribution in [1.82, 2.24) is 10.2 Å². The smallest absolute Gasteiger partial charge is 0.251 e. The van der Waals surface area contributed by atoms with Gasteiger partial charge in [-0.15, -0.1) is 11.3 Å². The Labute approximate surface area is 178 Å². The topological polar surface area (TPSA) is 118 Å². The second-order valence-corrected chi connectivity index (χ2v) is 8.93. The van der Waals surface area contributed by atoms with Crippen LogP contribution in [-0.4, -0.2) is 42.3 Å². The van der Waals surface area contributed by atoms with Crippen LogP contribution in [0.15, 0.2) is 22.8 Å². The summed E-state index contributed by atoms with van der Waals surface area (Å²) in [6.07, 6.45) is 5.80. The minimum Gasteiger partial charge on any atom is -0.467 e. The van der Waals surface area contributed by atoms with Crippen LogP contribution >= 0.6 is 11.3 Å². The summed E-state index contributed by atoms with van der Waals surface area (Å²) in [5.74, 6) is 0.0623. The largest absolute Gasteiger partial charge is 0.467 e. The van der Waals surface area contributed by atoms with Gasteiger partial charge in [0, 0.05) is 10.8 Å². The van der Waals surface area contributed by atoms with Gasteiger partial charge in [0.1, 0.15) is 10.8 Å². The summed E-state index contributed by atoms with van der Waals surface area (Å²) in [5.41, 5.74) is 7.04. The molecule has 0 saturated carbocycles. The Morgan fingerprint density at radius 2 is 2.03 bits per heavy atom. The van der Waals surface area contributed by atoms with Crippen LogP contribution in [0.4, 0.5) is 5.00 Å². The highest BCUT2D eigenvalue weighted by Gasteiger charge is 2.28. The molecule has 160 valence electrons. The molecule has 0 unspecified atom stereocenters. The fourth-order valence-corrected chi connectivity index (χ4v) is 5.52. The van der Waals surface area contributed by atoms with E-state index in [2.05, 4.69) is 10.6 Å². The van der Waals surface area contributed by atoms with E-state index < -0.39 is 5.91 Å². The van der Waals surface area contributed by atoms with Crippen LogP contribution in [0.25, 0.3) is 0 Å². The highest BCUT2D eigenvalue weighted by atomic mass is 32.1. The summed E-state index contributed by atoms with van der Waals surface area (Å²) in [6.45, 7) is 1.98. The number of likely N-dealkylation sites (tertiary alicyclic amines) is 1. The number of anilines is 1. The Kier molecular flexibility index (Phi) is 6.19. The maximum Gasteiger partial charge on any atom is 0.251 e. The van der Waals surface area contributed by atoms with Crippen molar-refractivity contribution in [3.05, 3.63) is 40.2 Å². The first-order chi connectivity index (χ1) is 14.5. The first-order valence-corrected chi connectivity index (χ1v) is 11.1. The molecular weight excluding hydrogens is 404 g/mol. The van der Waals surface area contributed by atoms with Crippen LogP contribution in [-0.2, 0) is 29.0 Å². The molecule has 3 amide bonds. The summed E-state index contributed by atoms with van der Waals surface area (Å²) in [6, 6.07) is 3.62. The van der Waals surface area contributed by atoms with Gasteiger partial charge in [-0.2, -0.15) is 0 Å². The molecule has 1 saturated heterocycles. The van der Waals surface area contributed by atoms with Gasteiger partial charge in [0.15, 0.2) is 0 Å². The lowest BCUT2D eigenvalue weighted by Gasteiger charge is -2.30. The number of nitrogens with one attached hydrogen (secondary N) is 2. The summed E-state index contributed by atoms with van der Waals surface area (Å²) in [4.78, 5) is 39.9. The van der Waals surface area contributed by atoms with E-state index in [9.17, 15) is 14.4 Å². The van der Waals surface area contributed by atoms with Gasteiger partial charge in [-0.1, -0.05) is 0 Å². The predicted octanol–water partition coefficient (Wildman–Crippen LogP) is 1.90. The summed E-state index contributed by atoms with van der Waals surface area (Å²) in [5, 5.41) is 6.36. The van der Waals surface area contributed by atoms with Crippen molar-refractivity contribution in [2.75, 3.05) is 25.0 Å². The molecule has 0 spiro atoms. The predicted molar refractivity (Wildman–Crippen MR) is 113 cm³/mol. The molecule has 1 fully saturated rings. The van der Waals surface area contributed by atoms with E-state index in [1.54, 1.807) is 12.3 Å². The third kappa shape index (κ3) is 4.57. The highest BCUT2D eigenvalue weighted by Crippen LogP contribution is 2.38. The van der Waals surface area contributed by atoms with Crippen molar-refractivity contribution in [1.29, 1.82) is 0 Å². The Morgan fingerprint density at radius 1 is 1.23 bits per heavy atom. The molecule has 3 heterocycles. The van der Waals surface area contributed by atoms with E-state index in [1.165, 1.54) is 11.3 Å². The third-order valence-corrected chi connectivity index (χ3v) is 6.97. The molecule has 0 radical (unpaired) electrons. The van der Waals surface area contributed by atoms with Gasteiger partial charge in [0.25, 0.3) is 5.91 Å². The number of fused-ring (bicyclic) bond motifs is 1. The average Bonchev–Trinajstić information content (AvgIpc) is 3.44. The number of hydrogen-bond donors (Lipinski definition) is 3. The fourth-order valence-electron chi connectivity index (χ4n) is 4.21. The fraction of sp³-hybridized carbons (Fsp3) is 0.476. The summed E-state index contributed by atoms with van der Waals surface area (Å²) >= 11 is 1.46. The lowest BCUT2D eigenvalue weighted by Crippen LogP contribution is -2.43. The number of carbonyl (C=O) groups excluding carboxylic acids is 3. The van der Waals surface area contributed by atoms with E-state index in [4.69, 9.17) is 10.2 Å². The Balaban J connectivity index is 1.25. The number of piperidine rings is 1. The third-order valence-electron chi connectivity index (χ3n) is 5.76. The second kappa shape index (κ2) is 9.01. The highest BCUT2D eigenvalue weighted by molar-refractivity contribution is 7.17. The standard InChI is InChI=1S/C21H26N4O4S/c22-19(27)18-15-4-1-5-16(15)30-21(18)24-17(26)12-25-8-6-13(7-9-25)20(28)23-11-14-3-2-10-29-14/h2-3,10,13H,1,4-9,11-12H2,(H2,22,27)(H,23,28)(H,24,26). The maximum atomic E-state index is 12.5. The van der Waals surface area contributed by atoms with E-state index in [-0.39, 0.29) is 24.3 Å². The lowest BCUT2D eigenvalue weighted by atomic mass is 9.96.